The molecule has 1 aromatic carbocycles. The van der Waals surface area contributed by atoms with E-state index in [9.17, 15) is 4.79 Å². The number of nitrogens with zero attached hydrogens (tertiary/aromatic N) is 2. The standard InChI is InChI=1S/C17H24N4O2S2/c1-4-6-11-18-16-20-21-17(25-16)24-12(3)15(22)19-13-7-9-14(10-8-13)23-5-2/h7-10,12H,4-6,11H2,1-3H3,(H,18,20)(H,19,22)/t12-/m0/s1. The van der Waals surface area contributed by atoms with Crippen LogP contribution in [0.5, 0.6) is 5.75 Å². The van der Waals surface area contributed by atoms with Crippen LogP contribution in [-0.2, 0) is 4.79 Å². The minimum atomic E-state index is -0.261. The molecule has 2 N–H and O–H groups in total. The number of thioether (sulfide) groups is 1. The van der Waals surface area contributed by atoms with Gasteiger partial charge < -0.3 is 15.4 Å². The van der Waals surface area contributed by atoms with Gasteiger partial charge in [0, 0.05) is 12.2 Å². The van der Waals surface area contributed by atoms with Crippen LogP contribution in [0.3, 0.4) is 0 Å². The van der Waals surface area contributed by atoms with Gasteiger partial charge in [-0.25, -0.2) is 0 Å². The van der Waals surface area contributed by atoms with E-state index in [1.807, 2.05) is 38.1 Å². The Hall–Kier alpha value is -1.80. The predicted molar refractivity (Wildman–Crippen MR) is 105 cm³/mol. The third kappa shape index (κ3) is 6.55. The molecular formula is C17H24N4O2S2. The second-order valence-corrected chi connectivity index (χ2v) is 7.93. The topological polar surface area (TPSA) is 76.1 Å². The molecule has 0 unspecified atom stereocenters. The molecule has 0 aliphatic carbocycles. The van der Waals surface area contributed by atoms with Crippen molar-refractivity contribution in [2.45, 2.75) is 43.2 Å². The highest BCUT2D eigenvalue weighted by atomic mass is 32.2. The van der Waals surface area contributed by atoms with Gasteiger partial charge in [0.2, 0.25) is 11.0 Å². The van der Waals surface area contributed by atoms with Gasteiger partial charge in [0.05, 0.1) is 11.9 Å². The van der Waals surface area contributed by atoms with E-state index in [2.05, 4.69) is 27.8 Å². The van der Waals surface area contributed by atoms with Crippen LogP contribution in [0.25, 0.3) is 0 Å². The van der Waals surface area contributed by atoms with Gasteiger partial charge in [-0.2, -0.15) is 0 Å². The molecule has 0 fully saturated rings. The van der Waals surface area contributed by atoms with Crippen molar-refractivity contribution >= 4 is 39.8 Å². The second kappa shape index (κ2) is 10.2. The fraction of sp³-hybridized carbons (Fsp3) is 0.471. The van der Waals surface area contributed by atoms with Gasteiger partial charge in [-0.1, -0.05) is 36.4 Å². The molecule has 2 aromatic rings. The Bertz CT molecular complexity index is 661. The van der Waals surface area contributed by atoms with E-state index in [-0.39, 0.29) is 11.2 Å². The lowest BCUT2D eigenvalue weighted by Gasteiger charge is -2.11. The average molecular weight is 381 g/mol. The van der Waals surface area contributed by atoms with Crippen molar-refractivity contribution in [2.75, 3.05) is 23.8 Å². The summed E-state index contributed by atoms with van der Waals surface area (Å²) in [5.41, 5.74) is 0.750. The first-order valence-electron chi connectivity index (χ1n) is 8.40. The number of rotatable bonds is 10. The summed E-state index contributed by atoms with van der Waals surface area (Å²) in [6.45, 7) is 7.46. The number of unbranched alkanes of at least 4 members (excludes halogenated alkanes) is 1. The summed E-state index contributed by atoms with van der Waals surface area (Å²) in [5.74, 6) is 0.727. The van der Waals surface area contributed by atoms with E-state index >= 15 is 0 Å². The summed E-state index contributed by atoms with van der Waals surface area (Å²) in [6.07, 6.45) is 2.24. The molecule has 0 radical (unpaired) electrons. The Kier molecular flexibility index (Phi) is 8.00. The molecule has 0 aliphatic rings. The summed E-state index contributed by atoms with van der Waals surface area (Å²) >= 11 is 2.89. The van der Waals surface area contributed by atoms with E-state index in [0.29, 0.717) is 6.61 Å². The number of aromatic nitrogens is 2. The van der Waals surface area contributed by atoms with E-state index in [1.54, 1.807) is 0 Å². The number of nitrogens with one attached hydrogen (secondary N) is 2. The molecule has 1 atom stereocenters. The molecule has 0 saturated carbocycles. The average Bonchev–Trinajstić information content (AvgIpc) is 3.04. The maximum atomic E-state index is 12.3. The highest BCUT2D eigenvalue weighted by molar-refractivity contribution is 8.02. The number of anilines is 2. The number of carbonyl (C=O) groups excluding carboxylic acids is 1. The Morgan fingerprint density at radius 3 is 2.72 bits per heavy atom. The number of ether oxygens (including phenoxy) is 1. The molecule has 1 aromatic heterocycles. The summed E-state index contributed by atoms with van der Waals surface area (Å²) < 4.78 is 6.18. The fourth-order valence-corrected chi connectivity index (χ4v) is 3.87. The second-order valence-electron chi connectivity index (χ2n) is 5.36. The normalized spacial score (nSPS) is 11.8. The van der Waals surface area contributed by atoms with Gasteiger partial charge in [-0.3, -0.25) is 4.79 Å². The van der Waals surface area contributed by atoms with E-state index in [4.69, 9.17) is 4.74 Å². The number of hydrogen-bond donors (Lipinski definition) is 2. The summed E-state index contributed by atoms with van der Waals surface area (Å²) in [4.78, 5) is 12.3. The van der Waals surface area contributed by atoms with Gasteiger partial charge in [0.25, 0.3) is 0 Å². The zero-order valence-corrected chi connectivity index (χ0v) is 16.4. The molecule has 0 saturated heterocycles. The van der Waals surface area contributed by atoms with Crippen molar-refractivity contribution in [3.05, 3.63) is 24.3 Å². The van der Waals surface area contributed by atoms with Crippen LogP contribution in [0.4, 0.5) is 10.8 Å². The van der Waals surface area contributed by atoms with Crippen LogP contribution < -0.4 is 15.4 Å². The molecule has 8 heteroatoms. The Labute approximate surface area is 156 Å². The van der Waals surface area contributed by atoms with Crippen molar-refractivity contribution in [3.8, 4) is 5.75 Å². The summed E-state index contributed by atoms with van der Waals surface area (Å²) in [6, 6.07) is 7.35. The molecule has 25 heavy (non-hydrogen) atoms. The molecule has 2 rings (SSSR count). The van der Waals surface area contributed by atoms with Crippen LogP contribution >= 0.6 is 23.1 Å². The van der Waals surface area contributed by atoms with Crippen LogP contribution in [0.2, 0.25) is 0 Å². The fourth-order valence-electron chi connectivity index (χ4n) is 1.95. The smallest absolute Gasteiger partial charge is 0.237 e. The molecule has 6 nitrogen and oxygen atoms in total. The third-order valence-electron chi connectivity index (χ3n) is 3.29. The monoisotopic (exact) mass is 380 g/mol. The van der Waals surface area contributed by atoms with Crippen molar-refractivity contribution in [2.24, 2.45) is 0 Å². The molecule has 1 amide bonds. The van der Waals surface area contributed by atoms with Crippen molar-refractivity contribution in [1.82, 2.24) is 10.2 Å². The van der Waals surface area contributed by atoms with E-state index in [1.165, 1.54) is 23.1 Å². The third-order valence-corrected chi connectivity index (χ3v) is 5.36. The Balaban J connectivity index is 1.83. The first-order chi connectivity index (χ1) is 12.1. The maximum Gasteiger partial charge on any atom is 0.237 e. The van der Waals surface area contributed by atoms with Crippen LogP contribution in [0.1, 0.15) is 33.6 Å². The first kappa shape index (κ1) is 19.5. The lowest BCUT2D eigenvalue weighted by atomic mass is 10.3. The van der Waals surface area contributed by atoms with E-state index < -0.39 is 0 Å². The zero-order valence-electron chi connectivity index (χ0n) is 14.7. The molecule has 0 bridgehead atoms. The molecule has 136 valence electrons. The van der Waals surface area contributed by atoms with Gasteiger partial charge in [-0.05, 0) is 44.5 Å². The number of amides is 1. The summed E-state index contributed by atoms with van der Waals surface area (Å²) in [7, 11) is 0. The molecule has 1 heterocycles. The zero-order chi connectivity index (χ0) is 18.1. The van der Waals surface area contributed by atoms with Crippen LogP contribution in [0.15, 0.2) is 28.6 Å². The number of benzene rings is 1. The van der Waals surface area contributed by atoms with Crippen molar-refractivity contribution in [3.63, 3.8) is 0 Å². The van der Waals surface area contributed by atoms with Gasteiger partial charge in [-0.15, -0.1) is 10.2 Å². The van der Waals surface area contributed by atoms with Gasteiger partial charge in [0.15, 0.2) is 4.34 Å². The Morgan fingerprint density at radius 1 is 1.28 bits per heavy atom. The lowest BCUT2D eigenvalue weighted by molar-refractivity contribution is -0.115. The minimum Gasteiger partial charge on any atom is -0.494 e. The lowest BCUT2D eigenvalue weighted by Crippen LogP contribution is -2.22. The minimum absolute atomic E-state index is 0.0650. The number of carbonyl (C=O) groups is 1. The van der Waals surface area contributed by atoms with Crippen molar-refractivity contribution in [1.29, 1.82) is 0 Å². The SMILES string of the molecule is CCCCNc1nnc(S[C@@H](C)C(=O)Nc2ccc(OCC)cc2)s1. The van der Waals surface area contributed by atoms with Crippen LogP contribution in [0, 0.1) is 0 Å². The predicted octanol–water partition coefficient (Wildman–Crippen LogP) is 4.27. The van der Waals surface area contributed by atoms with E-state index in [0.717, 1.165) is 40.3 Å². The summed E-state index contributed by atoms with van der Waals surface area (Å²) in [5, 5.41) is 14.9. The Morgan fingerprint density at radius 2 is 2.04 bits per heavy atom. The largest absolute Gasteiger partial charge is 0.494 e. The van der Waals surface area contributed by atoms with Crippen LogP contribution in [-0.4, -0.2) is 34.5 Å². The molecular weight excluding hydrogens is 356 g/mol. The quantitative estimate of drug-likeness (QED) is 0.473. The maximum absolute atomic E-state index is 12.3. The van der Waals surface area contributed by atoms with Gasteiger partial charge in [0.1, 0.15) is 5.75 Å². The number of hydrogen-bond acceptors (Lipinski definition) is 7. The van der Waals surface area contributed by atoms with Gasteiger partial charge >= 0.3 is 0 Å². The molecule has 0 aliphatic heterocycles. The highest BCUT2D eigenvalue weighted by Crippen LogP contribution is 2.29. The first-order valence-corrected chi connectivity index (χ1v) is 10.1. The highest BCUT2D eigenvalue weighted by Gasteiger charge is 2.17. The van der Waals surface area contributed by atoms with Crippen molar-refractivity contribution < 1.29 is 9.53 Å². The molecule has 0 spiro atoms.